The summed E-state index contributed by atoms with van der Waals surface area (Å²) in [5, 5.41) is 12.2. The zero-order valence-electron chi connectivity index (χ0n) is 13.3. The Balaban J connectivity index is 1.85. The average molecular weight is 365 g/mol. The van der Waals surface area contributed by atoms with E-state index in [0.717, 1.165) is 22.6 Å². The maximum Gasteiger partial charge on any atom is 0.330 e. The topological polar surface area (TPSA) is 84.2 Å². The first-order valence-electron chi connectivity index (χ1n) is 7.61. The van der Waals surface area contributed by atoms with Crippen LogP contribution >= 0.6 is 23.5 Å². The molecule has 24 heavy (non-hydrogen) atoms. The van der Waals surface area contributed by atoms with E-state index in [1.54, 1.807) is 23.5 Å². The molecular weight excluding hydrogens is 346 g/mol. The average Bonchev–Trinajstić information content (AvgIpc) is 3.15. The summed E-state index contributed by atoms with van der Waals surface area (Å²) >= 11 is 3.19. The van der Waals surface area contributed by atoms with Crippen molar-refractivity contribution in [2.45, 2.75) is 24.3 Å². The molecule has 6 nitrogen and oxygen atoms in total. The molecule has 8 heteroatoms. The van der Waals surface area contributed by atoms with Crippen molar-refractivity contribution < 1.29 is 14.7 Å². The highest BCUT2D eigenvalue weighted by Crippen LogP contribution is 2.28. The van der Waals surface area contributed by atoms with E-state index in [4.69, 9.17) is 0 Å². The third-order valence-corrected chi connectivity index (χ3v) is 5.86. The Morgan fingerprint density at radius 3 is 2.92 bits per heavy atom. The highest BCUT2D eigenvalue weighted by Gasteiger charge is 2.43. The zero-order valence-corrected chi connectivity index (χ0v) is 15.0. The summed E-state index contributed by atoms with van der Waals surface area (Å²) in [6.45, 7) is 0.0795. The lowest BCUT2D eigenvalue weighted by molar-refractivity contribution is -0.146. The molecule has 3 rings (SSSR count). The Morgan fingerprint density at radius 2 is 2.25 bits per heavy atom. The highest BCUT2D eigenvalue weighted by atomic mass is 32.2. The van der Waals surface area contributed by atoms with Gasteiger partial charge in [0.15, 0.2) is 0 Å². The maximum absolute atomic E-state index is 12.5. The number of carboxylic acid groups (broad SMARTS) is 1. The summed E-state index contributed by atoms with van der Waals surface area (Å²) in [5.41, 5.74) is 0.596. The number of aliphatic carboxylic acids is 1. The predicted octanol–water partition coefficient (Wildman–Crippen LogP) is 1.98. The highest BCUT2D eigenvalue weighted by molar-refractivity contribution is 7.99. The summed E-state index contributed by atoms with van der Waals surface area (Å²) in [4.78, 5) is 28.7. The number of benzene rings is 1. The summed E-state index contributed by atoms with van der Waals surface area (Å²) in [5.74, 6) is 1.44. The van der Waals surface area contributed by atoms with E-state index >= 15 is 0 Å². The van der Waals surface area contributed by atoms with Crippen LogP contribution in [0, 0.1) is 0 Å². The number of imidazole rings is 1. The van der Waals surface area contributed by atoms with Crippen LogP contribution in [-0.4, -0.2) is 49.8 Å². The number of carbonyl (C=O) groups excluding carboxylic acids is 1. The fraction of sp³-hybridized carbons (Fsp3) is 0.438. The number of nitrogens with zero attached hydrogens (tertiary/aromatic N) is 2. The van der Waals surface area contributed by atoms with Gasteiger partial charge >= 0.3 is 5.97 Å². The van der Waals surface area contributed by atoms with Crippen LogP contribution in [0.4, 0.5) is 0 Å². The van der Waals surface area contributed by atoms with Crippen LogP contribution in [0.25, 0.3) is 11.0 Å². The summed E-state index contributed by atoms with van der Waals surface area (Å²) in [6, 6.07) is 7.67. The minimum absolute atomic E-state index is 0.0795. The van der Waals surface area contributed by atoms with E-state index in [-0.39, 0.29) is 12.5 Å². The smallest absolute Gasteiger partial charge is 0.330 e. The van der Waals surface area contributed by atoms with Crippen LogP contribution in [0.2, 0.25) is 0 Å². The third-order valence-electron chi connectivity index (χ3n) is 4.12. The second-order valence-corrected chi connectivity index (χ2v) is 7.75. The van der Waals surface area contributed by atoms with E-state index in [1.807, 2.05) is 35.1 Å². The minimum atomic E-state index is -1.14. The molecule has 1 aromatic carbocycles. The Bertz CT molecular complexity index is 769. The monoisotopic (exact) mass is 365 g/mol. The number of hydrogen-bond acceptors (Lipinski definition) is 5. The van der Waals surface area contributed by atoms with E-state index in [2.05, 4.69) is 10.3 Å². The normalized spacial score (nSPS) is 20.4. The molecule has 1 amide bonds. The SMILES string of the molecule is CSCc1nc2ccccc2n1CC(=O)NC1(C(=O)O)CCSC1. The van der Waals surface area contributed by atoms with Crippen molar-refractivity contribution in [2.24, 2.45) is 0 Å². The fourth-order valence-electron chi connectivity index (χ4n) is 2.88. The largest absolute Gasteiger partial charge is 0.479 e. The molecular formula is C16H19N3O3S2. The van der Waals surface area contributed by atoms with Crippen LogP contribution in [0.3, 0.4) is 0 Å². The summed E-state index contributed by atoms with van der Waals surface area (Å²) in [6.07, 6.45) is 2.44. The fourth-order valence-corrected chi connectivity index (χ4v) is 4.68. The van der Waals surface area contributed by atoms with Gasteiger partial charge in [0.2, 0.25) is 5.91 Å². The van der Waals surface area contributed by atoms with E-state index in [1.165, 1.54) is 0 Å². The van der Waals surface area contributed by atoms with Crippen molar-refractivity contribution in [2.75, 3.05) is 17.8 Å². The Hall–Kier alpha value is -1.67. The molecule has 1 unspecified atom stereocenters. The number of carbonyl (C=O) groups is 2. The molecule has 1 aliphatic heterocycles. The van der Waals surface area contributed by atoms with Gasteiger partial charge in [-0.3, -0.25) is 4.79 Å². The van der Waals surface area contributed by atoms with Gasteiger partial charge in [-0.2, -0.15) is 23.5 Å². The molecule has 1 aromatic heterocycles. The molecule has 0 bridgehead atoms. The first-order valence-corrected chi connectivity index (χ1v) is 10.2. The number of carboxylic acids is 1. The molecule has 1 aliphatic rings. The van der Waals surface area contributed by atoms with Crippen LogP contribution < -0.4 is 5.32 Å². The van der Waals surface area contributed by atoms with Gasteiger partial charge in [0, 0.05) is 5.75 Å². The van der Waals surface area contributed by atoms with Gasteiger partial charge in [-0.15, -0.1) is 0 Å². The molecule has 2 heterocycles. The molecule has 128 valence electrons. The molecule has 1 atom stereocenters. The van der Waals surface area contributed by atoms with Gasteiger partial charge in [0.1, 0.15) is 17.9 Å². The summed E-state index contributed by atoms with van der Waals surface area (Å²) in [7, 11) is 0. The van der Waals surface area contributed by atoms with Crippen LogP contribution in [0.5, 0.6) is 0 Å². The van der Waals surface area contributed by atoms with Crippen LogP contribution in [-0.2, 0) is 21.9 Å². The molecule has 0 spiro atoms. The van der Waals surface area contributed by atoms with Gasteiger partial charge < -0.3 is 15.0 Å². The minimum Gasteiger partial charge on any atom is -0.479 e. The first-order chi connectivity index (χ1) is 11.6. The number of rotatable bonds is 6. The molecule has 2 N–H and O–H groups in total. The van der Waals surface area contributed by atoms with Crippen LogP contribution in [0.15, 0.2) is 24.3 Å². The van der Waals surface area contributed by atoms with Crippen LogP contribution in [0.1, 0.15) is 12.2 Å². The zero-order chi connectivity index (χ0) is 17.2. The lowest BCUT2D eigenvalue weighted by atomic mass is 9.99. The van der Waals surface area contributed by atoms with Crippen molar-refractivity contribution in [3.8, 4) is 0 Å². The predicted molar refractivity (Wildman–Crippen MR) is 97.4 cm³/mol. The van der Waals surface area contributed by atoms with Gasteiger partial charge in [-0.25, -0.2) is 9.78 Å². The van der Waals surface area contributed by atoms with Gasteiger partial charge in [0.05, 0.1) is 16.8 Å². The number of hydrogen-bond donors (Lipinski definition) is 2. The number of aromatic nitrogens is 2. The quantitative estimate of drug-likeness (QED) is 0.814. The maximum atomic E-state index is 12.5. The van der Waals surface area contributed by atoms with Gasteiger partial charge in [0.25, 0.3) is 0 Å². The first kappa shape index (κ1) is 17.2. The van der Waals surface area contributed by atoms with E-state index in [0.29, 0.717) is 17.9 Å². The third kappa shape index (κ3) is 3.25. The standard InChI is InChI=1S/C16H19N3O3S2/c1-23-9-13-17-11-4-2-3-5-12(11)19(13)8-14(20)18-16(15(21)22)6-7-24-10-16/h2-5H,6-10H2,1H3,(H,18,20)(H,21,22). The number of nitrogens with one attached hydrogen (secondary N) is 1. The van der Waals surface area contributed by atoms with Crippen molar-refractivity contribution in [1.82, 2.24) is 14.9 Å². The Morgan fingerprint density at radius 1 is 1.46 bits per heavy atom. The van der Waals surface area contributed by atoms with Crippen molar-refractivity contribution >= 4 is 46.4 Å². The lowest BCUT2D eigenvalue weighted by Crippen LogP contribution is -2.55. The number of fused-ring (bicyclic) bond motifs is 1. The van der Waals surface area contributed by atoms with Gasteiger partial charge in [-0.05, 0) is 30.6 Å². The van der Waals surface area contributed by atoms with Crippen molar-refractivity contribution in [3.63, 3.8) is 0 Å². The second kappa shape index (κ2) is 7.06. The molecule has 0 saturated carbocycles. The van der Waals surface area contributed by atoms with Crippen molar-refractivity contribution in [1.29, 1.82) is 0 Å². The molecule has 0 radical (unpaired) electrons. The molecule has 1 fully saturated rings. The van der Waals surface area contributed by atoms with E-state index < -0.39 is 11.5 Å². The number of thioether (sulfide) groups is 2. The van der Waals surface area contributed by atoms with Crippen molar-refractivity contribution in [3.05, 3.63) is 30.1 Å². The second-order valence-electron chi connectivity index (χ2n) is 5.77. The Kier molecular flexibility index (Phi) is 5.05. The number of amides is 1. The molecule has 2 aromatic rings. The lowest BCUT2D eigenvalue weighted by Gasteiger charge is -2.25. The number of para-hydroxylation sites is 2. The summed E-state index contributed by atoms with van der Waals surface area (Å²) < 4.78 is 1.87. The molecule has 1 saturated heterocycles. The van der Waals surface area contributed by atoms with E-state index in [9.17, 15) is 14.7 Å². The van der Waals surface area contributed by atoms with Gasteiger partial charge in [-0.1, -0.05) is 12.1 Å². The molecule has 0 aliphatic carbocycles. The Labute approximate surface area is 148 Å².